The molecule has 0 unspecified atom stereocenters. The maximum atomic E-state index is 11.2. The van der Waals surface area contributed by atoms with Crippen molar-refractivity contribution in [3.63, 3.8) is 0 Å². The summed E-state index contributed by atoms with van der Waals surface area (Å²) in [4.78, 5) is 49.1. The van der Waals surface area contributed by atoms with Crippen LogP contribution in [0.4, 0.5) is 34.1 Å². The Morgan fingerprint density at radius 1 is 0.250 bits per heavy atom. The topological polar surface area (TPSA) is 74.8 Å². The Bertz CT molecular complexity index is 1790. The Morgan fingerprint density at radius 3 is 0.583 bits per heavy atom. The van der Waals surface area contributed by atoms with Crippen molar-refractivity contribution in [1.29, 1.82) is 0 Å². The average molecular weight is 627 g/mol. The van der Waals surface area contributed by atoms with Gasteiger partial charge in [-0.15, -0.1) is 0 Å². The fourth-order valence-corrected chi connectivity index (χ4v) is 5.36. The normalized spacial score (nSPS) is 10.8. The Hall–Kier alpha value is -6.66. The van der Waals surface area contributed by atoms with Gasteiger partial charge >= 0.3 is 0 Å². The van der Waals surface area contributed by atoms with E-state index in [2.05, 4.69) is 22.0 Å². The smallest absolute Gasteiger partial charge is 0.150 e. The van der Waals surface area contributed by atoms with Gasteiger partial charge in [0, 0.05) is 56.4 Å². The molecule has 0 aromatic heterocycles. The fraction of sp³-hybridized carbons (Fsp3) is 0. The molecule has 0 N–H and O–H groups in total. The molecule has 48 heavy (non-hydrogen) atoms. The molecule has 6 heteroatoms. The molecule has 0 radical (unpaired) electrons. The summed E-state index contributed by atoms with van der Waals surface area (Å²) in [5.74, 6) is 0. The predicted molar refractivity (Wildman–Crippen MR) is 193 cm³/mol. The largest absolute Gasteiger partial charge is 0.311 e. The number of carbonyl (C=O) groups excluding carboxylic acids is 4. The molecule has 0 aliphatic carbocycles. The zero-order chi connectivity index (χ0) is 33.3. The van der Waals surface area contributed by atoms with Crippen LogP contribution in [0.25, 0.3) is 12.2 Å². The Balaban J connectivity index is 1.24. The average Bonchev–Trinajstić information content (AvgIpc) is 3.16. The van der Waals surface area contributed by atoms with Crippen molar-refractivity contribution >= 4 is 71.4 Å². The van der Waals surface area contributed by atoms with Crippen LogP contribution in [0.15, 0.2) is 146 Å². The number of nitrogens with zero attached hydrogens (tertiary/aromatic N) is 2. The highest BCUT2D eigenvalue weighted by atomic mass is 16.1. The maximum absolute atomic E-state index is 11.2. The third kappa shape index (κ3) is 7.09. The maximum Gasteiger partial charge on any atom is 0.150 e. The first-order valence-electron chi connectivity index (χ1n) is 15.3. The molecule has 6 rings (SSSR count). The molecule has 0 heterocycles. The van der Waals surface area contributed by atoms with Gasteiger partial charge in [-0.05, 0) is 132 Å². The van der Waals surface area contributed by atoms with E-state index >= 15 is 0 Å². The number of hydrogen-bond acceptors (Lipinski definition) is 6. The van der Waals surface area contributed by atoms with Crippen molar-refractivity contribution in [2.75, 3.05) is 9.80 Å². The lowest BCUT2D eigenvalue weighted by molar-refractivity contribution is 0.111. The zero-order valence-corrected chi connectivity index (χ0v) is 25.8. The van der Waals surface area contributed by atoms with Crippen LogP contribution in [-0.4, -0.2) is 25.1 Å². The summed E-state index contributed by atoms with van der Waals surface area (Å²) in [5, 5.41) is 0. The second kappa shape index (κ2) is 14.6. The van der Waals surface area contributed by atoms with Gasteiger partial charge in [-0.3, -0.25) is 19.2 Å². The third-order valence-corrected chi connectivity index (χ3v) is 7.92. The van der Waals surface area contributed by atoms with Gasteiger partial charge < -0.3 is 9.80 Å². The number of benzene rings is 6. The molecule has 0 atom stereocenters. The van der Waals surface area contributed by atoms with Gasteiger partial charge in [0.1, 0.15) is 25.1 Å². The first kappa shape index (κ1) is 31.3. The molecule has 0 bridgehead atoms. The van der Waals surface area contributed by atoms with E-state index in [0.29, 0.717) is 22.3 Å². The van der Waals surface area contributed by atoms with E-state index in [1.807, 2.05) is 97.1 Å². The Kier molecular flexibility index (Phi) is 9.54. The van der Waals surface area contributed by atoms with Gasteiger partial charge in [-0.2, -0.15) is 0 Å². The van der Waals surface area contributed by atoms with Crippen molar-refractivity contribution in [2.24, 2.45) is 0 Å². The molecule has 6 nitrogen and oxygen atoms in total. The Labute approximate surface area is 278 Å². The van der Waals surface area contributed by atoms with Crippen LogP contribution in [0.5, 0.6) is 0 Å². The van der Waals surface area contributed by atoms with Crippen LogP contribution in [0, 0.1) is 0 Å². The molecule has 6 aromatic carbocycles. The van der Waals surface area contributed by atoms with Gasteiger partial charge in [-0.25, -0.2) is 0 Å². The molecule has 0 aliphatic heterocycles. The third-order valence-electron chi connectivity index (χ3n) is 7.92. The summed E-state index contributed by atoms with van der Waals surface area (Å²) >= 11 is 0. The highest BCUT2D eigenvalue weighted by molar-refractivity contribution is 5.84. The standard InChI is InChI=1S/C42H30N2O4/c45-27-33-7-19-39(20-8-33)43(40-21-9-34(28-46)10-22-40)37-15-3-31(4-16-37)1-2-32-5-17-38(18-6-32)44(41-23-11-35(29-47)12-24-41)42-25-13-36(30-48)14-26-42/h1-30H/b2-1-. The molecule has 0 aliphatic rings. The van der Waals surface area contributed by atoms with Crippen LogP contribution >= 0.6 is 0 Å². The van der Waals surface area contributed by atoms with Crippen LogP contribution < -0.4 is 9.80 Å². The molecule has 232 valence electrons. The van der Waals surface area contributed by atoms with Gasteiger partial charge in [0.2, 0.25) is 0 Å². The monoisotopic (exact) mass is 626 g/mol. The number of carbonyl (C=O) groups is 4. The van der Waals surface area contributed by atoms with Crippen LogP contribution in [0.2, 0.25) is 0 Å². The summed E-state index contributed by atoms with van der Waals surface area (Å²) in [7, 11) is 0. The van der Waals surface area contributed by atoms with E-state index in [9.17, 15) is 19.2 Å². The summed E-state index contributed by atoms with van der Waals surface area (Å²) in [6.45, 7) is 0. The van der Waals surface area contributed by atoms with E-state index in [1.165, 1.54) is 0 Å². The summed E-state index contributed by atoms with van der Waals surface area (Å²) in [6, 6.07) is 45.8. The molecular formula is C42H30N2O4. The SMILES string of the molecule is O=Cc1ccc(N(c2ccc(C=O)cc2)c2ccc(/C=C\c3ccc(N(c4ccc(C=O)cc4)c4ccc(C=O)cc4)cc3)cc2)cc1. The van der Waals surface area contributed by atoms with Gasteiger partial charge in [-0.1, -0.05) is 36.4 Å². The van der Waals surface area contributed by atoms with E-state index in [1.54, 1.807) is 48.5 Å². The number of hydrogen-bond donors (Lipinski definition) is 0. The van der Waals surface area contributed by atoms with Crippen LogP contribution in [0.3, 0.4) is 0 Å². The summed E-state index contributed by atoms with van der Waals surface area (Å²) in [6.07, 6.45) is 7.38. The lowest BCUT2D eigenvalue weighted by Gasteiger charge is -2.26. The fourth-order valence-electron chi connectivity index (χ4n) is 5.36. The lowest BCUT2D eigenvalue weighted by Crippen LogP contribution is -2.10. The van der Waals surface area contributed by atoms with Crippen molar-refractivity contribution in [3.05, 3.63) is 179 Å². The second-order valence-electron chi connectivity index (χ2n) is 11.0. The zero-order valence-electron chi connectivity index (χ0n) is 25.8. The molecule has 6 aromatic rings. The van der Waals surface area contributed by atoms with E-state index in [-0.39, 0.29) is 0 Å². The van der Waals surface area contributed by atoms with Crippen LogP contribution in [0.1, 0.15) is 52.6 Å². The number of aldehydes is 4. The first-order valence-corrected chi connectivity index (χ1v) is 15.3. The van der Waals surface area contributed by atoms with Crippen molar-refractivity contribution in [1.82, 2.24) is 0 Å². The van der Waals surface area contributed by atoms with E-state index in [4.69, 9.17) is 0 Å². The quantitative estimate of drug-likeness (QED) is 0.0994. The minimum Gasteiger partial charge on any atom is -0.311 e. The second-order valence-corrected chi connectivity index (χ2v) is 11.0. The lowest BCUT2D eigenvalue weighted by atomic mass is 10.1. The van der Waals surface area contributed by atoms with Gasteiger partial charge in [0.15, 0.2) is 0 Å². The summed E-state index contributed by atoms with van der Waals surface area (Å²) < 4.78 is 0. The van der Waals surface area contributed by atoms with E-state index in [0.717, 1.165) is 70.4 Å². The minimum atomic E-state index is 0.595. The highest BCUT2D eigenvalue weighted by Gasteiger charge is 2.14. The minimum absolute atomic E-state index is 0.595. The first-order chi connectivity index (χ1) is 23.6. The molecule has 0 spiro atoms. The number of anilines is 6. The van der Waals surface area contributed by atoms with E-state index < -0.39 is 0 Å². The van der Waals surface area contributed by atoms with Crippen molar-refractivity contribution in [2.45, 2.75) is 0 Å². The summed E-state index contributed by atoms with van der Waals surface area (Å²) in [5.41, 5.74) is 9.81. The van der Waals surface area contributed by atoms with Crippen LogP contribution in [-0.2, 0) is 0 Å². The highest BCUT2D eigenvalue weighted by Crippen LogP contribution is 2.36. The van der Waals surface area contributed by atoms with Crippen molar-refractivity contribution < 1.29 is 19.2 Å². The molecule has 0 amide bonds. The number of rotatable bonds is 12. The molecular weight excluding hydrogens is 596 g/mol. The van der Waals surface area contributed by atoms with Gasteiger partial charge in [0.25, 0.3) is 0 Å². The Morgan fingerprint density at radius 2 is 0.417 bits per heavy atom. The van der Waals surface area contributed by atoms with Crippen molar-refractivity contribution in [3.8, 4) is 0 Å². The molecule has 0 saturated heterocycles. The van der Waals surface area contributed by atoms with Gasteiger partial charge in [0.05, 0.1) is 0 Å². The molecule has 0 saturated carbocycles. The molecule has 0 fully saturated rings. The predicted octanol–water partition coefficient (Wildman–Crippen LogP) is 10.0.